The Morgan fingerprint density at radius 3 is 3.00 bits per heavy atom. The van der Waals surface area contributed by atoms with Crippen molar-refractivity contribution in [3.05, 3.63) is 41.7 Å². The normalized spacial score (nSPS) is 19.7. The van der Waals surface area contributed by atoms with Gasteiger partial charge >= 0.3 is 0 Å². The van der Waals surface area contributed by atoms with E-state index in [1.165, 1.54) is 0 Å². The second-order valence-corrected chi connectivity index (χ2v) is 4.74. The van der Waals surface area contributed by atoms with Crippen LogP contribution in [0.4, 0.5) is 0 Å². The highest BCUT2D eigenvalue weighted by molar-refractivity contribution is 6.33. The van der Waals surface area contributed by atoms with E-state index in [9.17, 15) is 0 Å². The predicted molar refractivity (Wildman–Crippen MR) is 69.2 cm³/mol. The summed E-state index contributed by atoms with van der Waals surface area (Å²) in [4.78, 5) is 0. The fourth-order valence-corrected chi connectivity index (χ4v) is 2.48. The summed E-state index contributed by atoms with van der Waals surface area (Å²) in [7, 11) is 0. The Kier molecular flexibility index (Phi) is 2.87. The van der Waals surface area contributed by atoms with E-state index >= 15 is 0 Å². The van der Waals surface area contributed by atoms with Gasteiger partial charge in [0.05, 0.1) is 12.2 Å². The second-order valence-electron chi connectivity index (χ2n) is 4.34. The van der Waals surface area contributed by atoms with E-state index in [-0.39, 0.29) is 0 Å². The van der Waals surface area contributed by atoms with E-state index in [4.69, 9.17) is 11.6 Å². The summed E-state index contributed by atoms with van der Waals surface area (Å²) in [5.41, 5.74) is 2.13. The zero-order valence-corrected chi connectivity index (χ0v) is 10.2. The average Bonchev–Trinajstić information content (AvgIpc) is 3.00. The zero-order valence-electron chi connectivity index (χ0n) is 9.44. The summed E-state index contributed by atoms with van der Waals surface area (Å²) in [5, 5.41) is 8.55. The molecular formula is C13H14ClN3. The Morgan fingerprint density at radius 2 is 2.24 bits per heavy atom. The first-order chi connectivity index (χ1) is 8.34. The molecule has 0 bridgehead atoms. The van der Waals surface area contributed by atoms with E-state index in [1.54, 1.807) is 0 Å². The minimum atomic E-state index is 0.478. The number of hydrogen-bond donors (Lipinski definition) is 1. The average molecular weight is 248 g/mol. The van der Waals surface area contributed by atoms with E-state index in [0.29, 0.717) is 6.04 Å². The molecular weight excluding hydrogens is 234 g/mol. The Bertz CT molecular complexity index is 515. The summed E-state index contributed by atoms with van der Waals surface area (Å²) in [6, 6.07) is 8.35. The van der Waals surface area contributed by atoms with Crippen LogP contribution in [-0.2, 0) is 0 Å². The first kappa shape index (κ1) is 10.8. The second kappa shape index (κ2) is 4.51. The maximum atomic E-state index is 6.18. The number of rotatable bonds is 2. The lowest BCUT2D eigenvalue weighted by atomic mass is 10.1. The summed E-state index contributed by atoms with van der Waals surface area (Å²) >= 11 is 6.18. The summed E-state index contributed by atoms with van der Waals surface area (Å²) in [5.74, 6) is 0. The van der Waals surface area contributed by atoms with Crippen molar-refractivity contribution in [3.8, 4) is 11.1 Å². The van der Waals surface area contributed by atoms with Crippen LogP contribution in [0.2, 0.25) is 5.02 Å². The molecule has 1 aliphatic heterocycles. The number of aromatic nitrogens is 2. The van der Waals surface area contributed by atoms with Gasteiger partial charge in [-0.1, -0.05) is 29.8 Å². The quantitative estimate of drug-likeness (QED) is 0.885. The minimum Gasteiger partial charge on any atom is -0.315 e. The van der Waals surface area contributed by atoms with Gasteiger partial charge in [0.2, 0.25) is 0 Å². The van der Waals surface area contributed by atoms with E-state index in [0.717, 1.165) is 35.7 Å². The van der Waals surface area contributed by atoms with Crippen molar-refractivity contribution in [1.29, 1.82) is 0 Å². The molecule has 88 valence electrons. The number of nitrogens with zero attached hydrogens (tertiary/aromatic N) is 2. The van der Waals surface area contributed by atoms with Crippen LogP contribution in [0.15, 0.2) is 36.7 Å². The third kappa shape index (κ3) is 2.08. The van der Waals surface area contributed by atoms with Crippen LogP contribution in [0.1, 0.15) is 12.5 Å². The van der Waals surface area contributed by atoms with Gasteiger partial charge in [0, 0.05) is 28.9 Å². The summed E-state index contributed by atoms with van der Waals surface area (Å²) < 4.78 is 2.04. The van der Waals surface area contributed by atoms with E-state index in [1.807, 2.05) is 35.1 Å². The molecule has 1 aromatic carbocycles. The molecule has 0 spiro atoms. The topological polar surface area (TPSA) is 29.9 Å². The number of benzene rings is 1. The van der Waals surface area contributed by atoms with Crippen molar-refractivity contribution in [2.24, 2.45) is 0 Å². The number of hydrogen-bond acceptors (Lipinski definition) is 2. The third-order valence-corrected chi connectivity index (χ3v) is 3.52. The minimum absolute atomic E-state index is 0.478. The van der Waals surface area contributed by atoms with Gasteiger partial charge in [0.25, 0.3) is 0 Å². The van der Waals surface area contributed by atoms with Crippen LogP contribution in [-0.4, -0.2) is 22.9 Å². The fourth-order valence-electron chi connectivity index (χ4n) is 2.24. The first-order valence-corrected chi connectivity index (χ1v) is 6.22. The highest BCUT2D eigenvalue weighted by atomic mass is 35.5. The monoisotopic (exact) mass is 247 g/mol. The van der Waals surface area contributed by atoms with E-state index in [2.05, 4.69) is 16.6 Å². The van der Waals surface area contributed by atoms with Gasteiger partial charge in [-0.15, -0.1) is 0 Å². The molecule has 17 heavy (non-hydrogen) atoms. The Morgan fingerprint density at radius 1 is 1.35 bits per heavy atom. The smallest absolute Gasteiger partial charge is 0.0655 e. The van der Waals surface area contributed by atoms with Crippen LogP contribution < -0.4 is 5.32 Å². The van der Waals surface area contributed by atoms with Crippen molar-refractivity contribution in [2.45, 2.75) is 12.5 Å². The lowest BCUT2D eigenvalue weighted by Crippen LogP contribution is -2.13. The molecule has 1 fully saturated rings. The van der Waals surface area contributed by atoms with Crippen LogP contribution in [0.3, 0.4) is 0 Å². The lowest BCUT2D eigenvalue weighted by Gasteiger charge is -2.07. The van der Waals surface area contributed by atoms with Gasteiger partial charge in [0.15, 0.2) is 0 Å². The van der Waals surface area contributed by atoms with Crippen LogP contribution in [0.25, 0.3) is 11.1 Å². The van der Waals surface area contributed by atoms with Crippen molar-refractivity contribution >= 4 is 11.6 Å². The molecule has 3 nitrogen and oxygen atoms in total. The third-order valence-electron chi connectivity index (χ3n) is 3.19. The van der Waals surface area contributed by atoms with Gasteiger partial charge in [0.1, 0.15) is 0 Å². The molecule has 1 aromatic heterocycles. The molecule has 1 saturated heterocycles. The first-order valence-electron chi connectivity index (χ1n) is 5.84. The van der Waals surface area contributed by atoms with Gasteiger partial charge in [-0.2, -0.15) is 5.10 Å². The summed E-state index contributed by atoms with van der Waals surface area (Å²) in [6.45, 7) is 2.08. The Balaban J connectivity index is 1.92. The maximum absolute atomic E-state index is 6.18. The molecule has 3 rings (SSSR count). The molecule has 2 heterocycles. The van der Waals surface area contributed by atoms with Crippen molar-refractivity contribution in [3.63, 3.8) is 0 Å². The van der Waals surface area contributed by atoms with Gasteiger partial charge in [-0.05, 0) is 19.0 Å². The molecule has 0 radical (unpaired) electrons. The molecule has 1 aliphatic rings. The zero-order chi connectivity index (χ0) is 11.7. The molecule has 1 atom stereocenters. The maximum Gasteiger partial charge on any atom is 0.0655 e. The van der Waals surface area contributed by atoms with Crippen molar-refractivity contribution in [1.82, 2.24) is 15.1 Å². The highest BCUT2D eigenvalue weighted by Crippen LogP contribution is 2.28. The largest absolute Gasteiger partial charge is 0.315 e. The van der Waals surface area contributed by atoms with Crippen LogP contribution >= 0.6 is 11.6 Å². The standard InChI is InChI=1S/C13H14ClN3/c14-13-4-2-1-3-12(13)10-7-16-17(9-10)11-5-6-15-8-11/h1-4,7,9,11,15H,5-6,8H2. The molecule has 0 aliphatic carbocycles. The predicted octanol–water partition coefficient (Wildman–Crippen LogP) is 2.74. The van der Waals surface area contributed by atoms with Gasteiger partial charge in [-0.25, -0.2) is 0 Å². The van der Waals surface area contributed by atoms with Gasteiger partial charge in [-0.3, -0.25) is 4.68 Å². The summed E-state index contributed by atoms with van der Waals surface area (Å²) in [6.07, 6.45) is 5.11. The highest BCUT2D eigenvalue weighted by Gasteiger charge is 2.17. The van der Waals surface area contributed by atoms with Crippen molar-refractivity contribution in [2.75, 3.05) is 13.1 Å². The number of nitrogens with one attached hydrogen (secondary N) is 1. The molecule has 1 N–H and O–H groups in total. The van der Waals surface area contributed by atoms with Crippen molar-refractivity contribution < 1.29 is 0 Å². The molecule has 4 heteroatoms. The molecule has 0 amide bonds. The molecule has 1 unspecified atom stereocenters. The lowest BCUT2D eigenvalue weighted by molar-refractivity contribution is 0.491. The van der Waals surface area contributed by atoms with Crippen LogP contribution in [0, 0.1) is 0 Å². The Labute approximate surface area is 105 Å². The SMILES string of the molecule is Clc1ccccc1-c1cnn(C2CCNC2)c1. The van der Waals surface area contributed by atoms with Gasteiger partial charge < -0.3 is 5.32 Å². The Hall–Kier alpha value is -1.32. The molecule has 0 saturated carbocycles. The fraction of sp³-hybridized carbons (Fsp3) is 0.308. The van der Waals surface area contributed by atoms with E-state index < -0.39 is 0 Å². The molecule has 2 aromatic rings. The number of halogens is 1. The van der Waals surface area contributed by atoms with Crippen LogP contribution in [0.5, 0.6) is 0 Å².